The summed E-state index contributed by atoms with van der Waals surface area (Å²) < 4.78 is 40.8. The molecular weight excluding hydrogens is 325 g/mol. The molecule has 0 saturated heterocycles. The maximum Gasteiger partial charge on any atom is 1.00 e. The van der Waals surface area contributed by atoms with Crippen LogP contribution in [0.3, 0.4) is 0 Å². The Morgan fingerprint density at radius 3 is 2.32 bits per heavy atom. The summed E-state index contributed by atoms with van der Waals surface area (Å²) >= 11 is 0. The average Bonchev–Trinajstić information content (AvgIpc) is 2.44. The normalized spacial score (nSPS) is 10.5. The van der Waals surface area contributed by atoms with Gasteiger partial charge in [0.1, 0.15) is 6.61 Å². The molecule has 0 bridgehead atoms. The molecule has 1 aromatic carbocycles. The summed E-state index contributed by atoms with van der Waals surface area (Å²) in [5.74, 6) is 0. The molecule has 1 aromatic rings. The molecule has 0 heterocycles. The van der Waals surface area contributed by atoms with Crippen LogP contribution in [-0.2, 0) is 16.1 Å². The molecule has 0 aliphatic heterocycles. The number of hydrogen-bond donors (Lipinski definition) is 1. The summed E-state index contributed by atoms with van der Waals surface area (Å²) in [6, 6.07) is 9.08. The molecule has 0 aromatic heterocycles. The average molecular weight is 341 g/mol. The van der Waals surface area contributed by atoms with E-state index in [9.17, 15) is 22.5 Å². The van der Waals surface area contributed by atoms with Crippen molar-refractivity contribution in [2.24, 2.45) is 0 Å². The number of unbranched alkanes of at least 4 members (excludes halogenated alkanes) is 1. The van der Waals surface area contributed by atoms with Gasteiger partial charge >= 0.3 is 64.5 Å². The number of ether oxygens (including phenoxy) is 1. The molecule has 0 atom stereocenters. The molecule has 0 saturated carbocycles. The Morgan fingerprint density at radius 1 is 1.09 bits per heavy atom. The number of halogens is 3. The fraction of sp³-hybridized carbons (Fsp3) is 0.385. The van der Waals surface area contributed by atoms with Gasteiger partial charge in [-0.05, 0) is 24.8 Å². The van der Waals surface area contributed by atoms with Crippen LogP contribution in [0.5, 0.6) is 0 Å². The van der Waals surface area contributed by atoms with E-state index in [0.29, 0.717) is 6.42 Å². The molecule has 22 heavy (non-hydrogen) atoms. The van der Waals surface area contributed by atoms with Gasteiger partial charge < -0.3 is 27.8 Å². The first kappa shape index (κ1) is 21.7. The first-order chi connectivity index (χ1) is 9.89. The first-order valence-corrected chi connectivity index (χ1v) is 6.57. The van der Waals surface area contributed by atoms with Crippen LogP contribution in [0.15, 0.2) is 30.3 Å². The van der Waals surface area contributed by atoms with Crippen molar-refractivity contribution in [2.75, 3.05) is 6.54 Å². The Morgan fingerprint density at radius 2 is 1.73 bits per heavy atom. The second-order valence-corrected chi connectivity index (χ2v) is 4.49. The molecule has 0 fully saturated rings. The smallest absolute Gasteiger partial charge is 0.445 e. The first-order valence-electron chi connectivity index (χ1n) is 6.57. The van der Waals surface area contributed by atoms with Gasteiger partial charge in [0, 0.05) is 6.54 Å². The zero-order valence-corrected chi connectivity index (χ0v) is 15.5. The van der Waals surface area contributed by atoms with E-state index >= 15 is 0 Å². The number of carbonyl (C=O) groups is 2. The van der Waals surface area contributed by atoms with Crippen molar-refractivity contribution >= 4 is 18.8 Å². The quantitative estimate of drug-likeness (QED) is 0.537. The Hall–Kier alpha value is -0.349. The molecule has 0 unspecified atom stereocenters. The molecule has 4 nitrogen and oxygen atoms in total. The van der Waals surface area contributed by atoms with Gasteiger partial charge in [0.25, 0.3) is 0 Å². The fourth-order valence-corrected chi connectivity index (χ4v) is 1.55. The molecule has 1 amide bonds. The van der Waals surface area contributed by atoms with Gasteiger partial charge in [-0.1, -0.05) is 30.3 Å². The maximum atomic E-state index is 12.0. The van der Waals surface area contributed by atoms with Gasteiger partial charge in [-0.25, -0.2) is 4.79 Å². The summed E-state index contributed by atoms with van der Waals surface area (Å²) in [7, 11) is 0. The summed E-state index contributed by atoms with van der Waals surface area (Å²) in [5.41, 5.74) is -0.840. The maximum absolute atomic E-state index is 12.0. The van der Waals surface area contributed by atoms with E-state index in [0.717, 1.165) is 5.56 Å². The third kappa shape index (κ3) is 9.62. The van der Waals surface area contributed by atoms with Crippen LogP contribution in [-0.4, -0.2) is 25.3 Å². The number of rotatable bonds is 8. The Labute approximate surface area is 169 Å². The van der Waals surface area contributed by atoms with Crippen molar-refractivity contribution in [2.45, 2.75) is 25.9 Å². The minimum Gasteiger partial charge on any atom is -0.445 e. The van der Waals surface area contributed by atoms with Crippen LogP contribution < -0.4 is 56.7 Å². The molecule has 0 spiro atoms. The summed E-state index contributed by atoms with van der Waals surface area (Å²) in [5, 5.41) is 2.42. The van der Waals surface area contributed by atoms with Crippen LogP contribution in [0.4, 0.5) is 17.7 Å². The van der Waals surface area contributed by atoms with E-state index in [1.54, 1.807) is 12.1 Å². The van der Waals surface area contributed by atoms with Crippen molar-refractivity contribution in [1.82, 2.24) is 5.32 Å². The second-order valence-electron chi connectivity index (χ2n) is 4.49. The van der Waals surface area contributed by atoms with Crippen molar-refractivity contribution in [3.05, 3.63) is 35.9 Å². The molecule has 0 aliphatic rings. The topological polar surface area (TPSA) is 55.4 Å². The summed E-state index contributed by atoms with van der Waals surface area (Å²) in [6.07, 6.45) is -0.799. The zero-order chi connectivity index (χ0) is 15.7. The molecule has 0 radical (unpaired) electrons. The second kappa shape index (κ2) is 11.2. The van der Waals surface area contributed by atoms with Gasteiger partial charge in [-0.3, -0.25) is 0 Å². The van der Waals surface area contributed by atoms with E-state index in [1.807, 2.05) is 18.2 Å². The number of amides is 1. The van der Waals surface area contributed by atoms with Crippen LogP contribution in [0.25, 0.3) is 0 Å². The largest absolute Gasteiger partial charge is 1.00 e. The Balaban J connectivity index is 0.00000441. The number of nitrogens with one attached hydrogen (secondary N) is 1. The van der Waals surface area contributed by atoms with E-state index in [2.05, 4.69) is 5.32 Å². The molecule has 9 heteroatoms. The number of alkyl carbamates (subject to hydrolysis) is 1. The van der Waals surface area contributed by atoms with E-state index in [4.69, 9.17) is 4.74 Å². The van der Waals surface area contributed by atoms with Crippen molar-refractivity contribution in [3.8, 4) is 0 Å². The van der Waals surface area contributed by atoms with E-state index < -0.39 is 25.2 Å². The van der Waals surface area contributed by atoms with Gasteiger partial charge in [-0.15, -0.1) is 0 Å². The van der Waals surface area contributed by atoms with Crippen molar-refractivity contribution in [3.63, 3.8) is 0 Å². The standard InChI is InChI=1S/C13H16BF3NO3.K/c15-14(16,17)12(19)8-4-5-9-18-13(20)21-10-11-6-2-1-3-7-11;/h1-3,6-7H,4-5,8-10H2,(H,18,20);/q-1;+1. The van der Waals surface area contributed by atoms with E-state index in [-0.39, 0.29) is 71.0 Å². The van der Waals surface area contributed by atoms with Crippen molar-refractivity contribution in [1.29, 1.82) is 0 Å². The third-order valence-corrected chi connectivity index (χ3v) is 2.70. The number of benzene rings is 1. The summed E-state index contributed by atoms with van der Waals surface area (Å²) in [6.45, 7) is -5.09. The SMILES string of the molecule is O=C(NCCCCC(=O)[B-](F)(F)F)OCc1ccccc1.[K+]. The third-order valence-electron chi connectivity index (χ3n) is 2.70. The molecule has 1 N–H and O–H groups in total. The van der Waals surface area contributed by atoms with E-state index in [1.165, 1.54) is 0 Å². The van der Waals surface area contributed by atoms with Gasteiger partial charge in [-0.2, -0.15) is 0 Å². The molecule has 1 rings (SSSR count). The van der Waals surface area contributed by atoms with Crippen LogP contribution >= 0.6 is 0 Å². The monoisotopic (exact) mass is 341 g/mol. The predicted octanol–water partition coefficient (Wildman–Crippen LogP) is 0.0428. The Bertz CT molecular complexity index is 471. The number of hydrogen-bond acceptors (Lipinski definition) is 3. The van der Waals surface area contributed by atoms with Gasteiger partial charge in [0.2, 0.25) is 0 Å². The van der Waals surface area contributed by atoms with Gasteiger partial charge in [0.05, 0.1) is 5.68 Å². The van der Waals surface area contributed by atoms with Gasteiger partial charge in [0.15, 0.2) is 0 Å². The minimum absolute atomic E-state index is 0. The Kier molecular flexibility index (Phi) is 11.0. The molecule has 0 aliphatic carbocycles. The minimum atomic E-state index is -5.39. The van der Waals surface area contributed by atoms with Crippen molar-refractivity contribution < 1.29 is 78.7 Å². The molecular formula is C13H16BF3KNO3. The van der Waals surface area contributed by atoms with Crippen LogP contribution in [0, 0.1) is 0 Å². The summed E-state index contributed by atoms with van der Waals surface area (Å²) in [4.78, 5) is 21.9. The zero-order valence-electron chi connectivity index (χ0n) is 12.4. The predicted molar refractivity (Wildman–Crippen MR) is 72.6 cm³/mol. The molecule has 116 valence electrons. The number of carbonyl (C=O) groups excluding carboxylic acids is 2. The van der Waals surface area contributed by atoms with Crippen LogP contribution in [0.2, 0.25) is 0 Å². The fourth-order valence-electron chi connectivity index (χ4n) is 1.55. The van der Waals surface area contributed by atoms with Crippen LogP contribution in [0.1, 0.15) is 24.8 Å².